The van der Waals surface area contributed by atoms with E-state index in [1.165, 1.54) is 25.7 Å². The van der Waals surface area contributed by atoms with E-state index in [0.717, 1.165) is 25.7 Å². The third kappa shape index (κ3) is 2.76. The van der Waals surface area contributed by atoms with Gasteiger partial charge in [-0.2, -0.15) is 0 Å². The van der Waals surface area contributed by atoms with Gasteiger partial charge in [0.05, 0.1) is 12.1 Å². The van der Waals surface area contributed by atoms with Crippen molar-refractivity contribution in [1.82, 2.24) is 5.32 Å². The Balaban J connectivity index is 1.82. The molecule has 2 rings (SSSR count). The highest BCUT2D eigenvalue weighted by Crippen LogP contribution is 2.31. The standard InChI is InChI=1S/C13H23NO2/c15-10-13(7-2-1-3-8-13)14-12(16)9-11-5-4-6-11/h11,15H,1-10H2,(H,14,16). The van der Waals surface area contributed by atoms with E-state index in [9.17, 15) is 9.90 Å². The van der Waals surface area contributed by atoms with Crippen molar-refractivity contribution < 1.29 is 9.90 Å². The molecular weight excluding hydrogens is 202 g/mol. The van der Waals surface area contributed by atoms with Crippen LogP contribution in [0.15, 0.2) is 0 Å². The summed E-state index contributed by atoms with van der Waals surface area (Å²) in [5.74, 6) is 0.764. The topological polar surface area (TPSA) is 49.3 Å². The average Bonchev–Trinajstić information content (AvgIpc) is 2.25. The molecule has 0 aromatic carbocycles. The smallest absolute Gasteiger partial charge is 0.220 e. The van der Waals surface area contributed by atoms with Crippen LogP contribution in [0.4, 0.5) is 0 Å². The van der Waals surface area contributed by atoms with E-state index in [1.54, 1.807) is 0 Å². The van der Waals surface area contributed by atoms with Crippen molar-refractivity contribution in [3.05, 3.63) is 0 Å². The summed E-state index contributed by atoms with van der Waals surface area (Å²) in [6, 6.07) is 0. The molecule has 3 heteroatoms. The van der Waals surface area contributed by atoms with E-state index in [2.05, 4.69) is 5.32 Å². The van der Waals surface area contributed by atoms with Gasteiger partial charge in [-0.1, -0.05) is 25.7 Å². The van der Waals surface area contributed by atoms with Gasteiger partial charge in [0.15, 0.2) is 0 Å². The Bertz CT molecular complexity index is 242. The minimum Gasteiger partial charge on any atom is -0.394 e. The minimum atomic E-state index is -0.293. The molecule has 0 bridgehead atoms. The molecule has 0 heterocycles. The van der Waals surface area contributed by atoms with Crippen molar-refractivity contribution in [1.29, 1.82) is 0 Å². The molecule has 0 saturated heterocycles. The summed E-state index contributed by atoms with van der Waals surface area (Å²) in [6.07, 6.45) is 9.75. The van der Waals surface area contributed by atoms with Crippen molar-refractivity contribution in [3.8, 4) is 0 Å². The first-order chi connectivity index (χ1) is 7.74. The van der Waals surface area contributed by atoms with Gasteiger partial charge < -0.3 is 10.4 Å². The van der Waals surface area contributed by atoms with E-state index in [-0.39, 0.29) is 18.1 Å². The van der Waals surface area contributed by atoms with E-state index < -0.39 is 0 Å². The van der Waals surface area contributed by atoms with Gasteiger partial charge in [-0.15, -0.1) is 0 Å². The average molecular weight is 225 g/mol. The lowest BCUT2D eigenvalue weighted by Gasteiger charge is -2.37. The first kappa shape index (κ1) is 11.9. The van der Waals surface area contributed by atoms with Gasteiger partial charge in [0.1, 0.15) is 0 Å². The van der Waals surface area contributed by atoms with E-state index in [1.807, 2.05) is 0 Å². The van der Waals surface area contributed by atoms with Crippen molar-refractivity contribution >= 4 is 5.91 Å². The fourth-order valence-electron chi connectivity index (χ4n) is 2.86. The molecule has 0 atom stereocenters. The maximum atomic E-state index is 11.9. The molecule has 2 N–H and O–H groups in total. The predicted octanol–water partition coefficient (Wildman–Crippen LogP) is 1.99. The number of hydrogen-bond acceptors (Lipinski definition) is 2. The second-order valence-electron chi connectivity index (χ2n) is 5.55. The molecule has 2 aliphatic carbocycles. The zero-order chi connectivity index (χ0) is 11.4. The molecule has 0 aromatic heterocycles. The molecule has 0 radical (unpaired) electrons. The summed E-state index contributed by atoms with van der Waals surface area (Å²) < 4.78 is 0. The van der Waals surface area contributed by atoms with Gasteiger partial charge in [0, 0.05) is 6.42 Å². The number of carbonyl (C=O) groups excluding carboxylic acids is 1. The molecule has 0 unspecified atom stereocenters. The molecule has 16 heavy (non-hydrogen) atoms. The monoisotopic (exact) mass is 225 g/mol. The van der Waals surface area contributed by atoms with Crippen LogP contribution < -0.4 is 5.32 Å². The summed E-state index contributed by atoms with van der Waals surface area (Å²) in [4.78, 5) is 11.9. The predicted molar refractivity (Wildman–Crippen MR) is 63.0 cm³/mol. The summed E-state index contributed by atoms with van der Waals surface area (Å²) >= 11 is 0. The lowest BCUT2D eigenvalue weighted by Crippen LogP contribution is -2.52. The highest BCUT2D eigenvalue weighted by atomic mass is 16.3. The van der Waals surface area contributed by atoms with Gasteiger partial charge in [-0.25, -0.2) is 0 Å². The molecule has 0 spiro atoms. The minimum absolute atomic E-state index is 0.101. The Morgan fingerprint density at radius 2 is 1.88 bits per heavy atom. The third-order valence-electron chi connectivity index (χ3n) is 4.22. The van der Waals surface area contributed by atoms with Crippen LogP contribution in [-0.2, 0) is 4.79 Å². The lowest BCUT2D eigenvalue weighted by molar-refractivity contribution is -0.125. The molecule has 1 amide bonds. The van der Waals surface area contributed by atoms with E-state index in [4.69, 9.17) is 0 Å². The SMILES string of the molecule is O=C(CC1CCC1)NC1(CO)CCCCC1. The number of amides is 1. The quantitative estimate of drug-likeness (QED) is 0.768. The molecule has 3 nitrogen and oxygen atoms in total. The van der Waals surface area contributed by atoms with Crippen LogP contribution in [0, 0.1) is 5.92 Å². The fraction of sp³-hybridized carbons (Fsp3) is 0.923. The van der Waals surface area contributed by atoms with Gasteiger partial charge in [-0.05, 0) is 31.6 Å². The third-order valence-corrected chi connectivity index (χ3v) is 4.22. The van der Waals surface area contributed by atoms with Crippen molar-refractivity contribution in [2.45, 2.75) is 63.3 Å². The normalized spacial score (nSPS) is 24.8. The Labute approximate surface area is 97.6 Å². The van der Waals surface area contributed by atoms with Crippen molar-refractivity contribution in [2.24, 2.45) is 5.92 Å². The number of rotatable bonds is 4. The second kappa shape index (κ2) is 5.17. The van der Waals surface area contributed by atoms with Crippen LogP contribution in [0.25, 0.3) is 0 Å². The molecule has 2 fully saturated rings. The summed E-state index contributed by atoms with van der Waals surface area (Å²) in [5, 5.41) is 12.6. The molecule has 2 saturated carbocycles. The molecule has 92 valence electrons. The van der Waals surface area contributed by atoms with Crippen LogP contribution in [0.2, 0.25) is 0 Å². The molecule has 0 aliphatic heterocycles. The highest BCUT2D eigenvalue weighted by molar-refractivity contribution is 5.77. The zero-order valence-electron chi connectivity index (χ0n) is 10.0. The number of carbonyl (C=O) groups is 1. The maximum Gasteiger partial charge on any atom is 0.220 e. The van der Waals surface area contributed by atoms with Crippen LogP contribution in [-0.4, -0.2) is 23.2 Å². The number of aliphatic hydroxyl groups excluding tert-OH is 1. The maximum absolute atomic E-state index is 11.9. The fourth-order valence-corrected chi connectivity index (χ4v) is 2.86. The Morgan fingerprint density at radius 3 is 2.38 bits per heavy atom. The van der Waals surface area contributed by atoms with Gasteiger partial charge >= 0.3 is 0 Å². The Hall–Kier alpha value is -0.570. The summed E-state index contributed by atoms with van der Waals surface area (Å²) in [5.41, 5.74) is -0.293. The highest BCUT2D eigenvalue weighted by Gasteiger charge is 2.33. The summed E-state index contributed by atoms with van der Waals surface area (Å²) in [6.45, 7) is 0.101. The van der Waals surface area contributed by atoms with Crippen LogP contribution >= 0.6 is 0 Å². The largest absolute Gasteiger partial charge is 0.394 e. The second-order valence-corrected chi connectivity index (χ2v) is 5.55. The number of nitrogens with one attached hydrogen (secondary N) is 1. The Morgan fingerprint density at radius 1 is 1.19 bits per heavy atom. The first-order valence-corrected chi connectivity index (χ1v) is 6.66. The van der Waals surface area contributed by atoms with Gasteiger partial charge in [0.2, 0.25) is 5.91 Å². The van der Waals surface area contributed by atoms with Gasteiger partial charge in [0.25, 0.3) is 0 Å². The van der Waals surface area contributed by atoms with E-state index >= 15 is 0 Å². The van der Waals surface area contributed by atoms with E-state index in [0.29, 0.717) is 12.3 Å². The molecule has 2 aliphatic rings. The summed E-state index contributed by atoms with van der Waals surface area (Å²) in [7, 11) is 0. The number of hydrogen-bond donors (Lipinski definition) is 2. The molecular formula is C13H23NO2. The zero-order valence-corrected chi connectivity index (χ0v) is 10.0. The van der Waals surface area contributed by atoms with Gasteiger partial charge in [-0.3, -0.25) is 4.79 Å². The van der Waals surface area contributed by atoms with Crippen LogP contribution in [0.3, 0.4) is 0 Å². The lowest BCUT2D eigenvalue weighted by atomic mass is 9.80. The van der Waals surface area contributed by atoms with Crippen molar-refractivity contribution in [3.63, 3.8) is 0 Å². The Kier molecular flexibility index (Phi) is 3.85. The first-order valence-electron chi connectivity index (χ1n) is 6.66. The molecule has 0 aromatic rings. The van der Waals surface area contributed by atoms with Crippen molar-refractivity contribution in [2.75, 3.05) is 6.61 Å². The van der Waals surface area contributed by atoms with Crippen LogP contribution in [0.1, 0.15) is 57.8 Å². The van der Waals surface area contributed by atoms with Crippen LogP contribution in [0.5, 0.6) is 0 Å². The number of aliphatic hydroxyl groups is 1.